The van der Waals surface area contributed by atoms with Crippen molar-refractivity contribution in [3.8, 4) is 0 Å². The fourth-order valence-corrected chi connectivity index (χ4v) is 2.52. The van der Waals surface area contributed by atoms with Gasteiger partial charge in [-0.25, -0.2) is 8.78 Å². The lowest BCUT2D eigenvalue weighted by Crippen LogP contribution is -2.15. The van der Waals surface area contributed by atoms with Gasteiger partial charge in [0.15, 0.2) is 11.6 Å². The molecule has 21 heavy (non-hydrogen) atoms. The van der Waals surface area contributed by atoms with Crippen molar-refractivity contribution < 1.29 is 8.78 Å². The van der Waals surface area contributed by atoms with Crippen molar-refractivity contribution in [2.45, 2.75) is 12.5 Å². The van der Waals surface area contributed by atoms with Crippen LogP contribution in [0.3, 0.4) is 0 Å². The molecule has 1 heterocycles. The smallest absolute Gasteiger partial charge is 0.162 e. The van der Waals surface area contributed by atoms with Crippen LogP contribution in [0.5, 0.6) is 0 Å². The highest BCUT2D eigenvalue weighted by molar-refractivity contribution is 5.85. The number of rotatable bonds is 3. The van der Waals surface area contributed by atoms with Gasteiger partial charge in [0.05, 0.1) is 0 Å². The maximum atomic E-state index is 13.8. The van der Waals surface area contributed by atoms with Crippen molar-refractivity contribution >= 4 is 10.8 Å². The zero-order chi connectivity index (χ0) is 14.8. The summed E-state index contributed by atoms with van der Waals surface area (Å²) in [6, 6.07) is 11.4. The molecule has 0 aliphatic rings. The molecule has 0 spiro atoms. The molecule has 4 heteroatoms. The van der Waals surface area contributed by atoms with Gasteiger partial charge in [0.2, 0.25) is 0 Å². The van der Waals surface area contributed by atoms with Crippen molar-refractivity contribution in [2.24, 2.45) is 5.73 Å². The molecule has 0 radical (unpaired) electrons. The van der Waals surface area contributed by atoms with Crippen LogP contribution in [0.1, 0.15) is 17.2 Å². The molecule has 1 aromatic heterocycles. The highest BCUT2D eigenvalue weighted by Gasteiger charge is 2.14. The summed E-state index contributed by atoms with van der Waals surface area (Å²) in [6.07, 6.45) is 3.70. The lowest BCUT2D eigenvalue weighted by molar-refractivity contribution is 0.494. The molecule has 0 fully saturated rings. The highest BCUT2D eigenvalue weighted by Crippen LogP contribution is 2.25. The summed E-state index contributed by atoms with van der Waals surface area (Å²) in [5, 5.41) is 1.96. The molecule has 106 valence electrons. The van der Waals surface area contributed by atoms with Gasteiger partial charge in [0.1, 0.15) is 0 Å². The first kappa shape index (κ1) is 13.6. The molecular formula is C17H14F2N2. The summed E-state index contributed by atoms with van der Waals surface area (Å²) in [6.45, 7) is 0. The van der Waals surface area contributed by atoms with Crippen LogP contribution >= 0.6 is 0 Å². The summed E-state index contributed by atoms with van der Waals surface area (Å²) >= 11 is 0. The summed E-state index contributed by atoms with van der Waals surface area (Å²) < 4.78 is 27.0. The number of pyridine rings is 1. The van der Waals surface area contributed by atoms with E-state index < -0.39 is 17.7 Å². The van der Waals surface area contributed by atoms with E-state index in [4.69, 9.17) is 5.73 Å². The molecule has 3 rings (SSSR count). The summed E-state index contributed by atoms with van der Waals surface area (Å²) in [4.78, 5) is 4.07. The molecule has 1 atom stereocenters. The SMILES string of the molecule is NC(Cc1cccc(F)c1F)c1cccc2cnccc12. The molecule has 3 aromatic rings. The van der Waals surface area contributed by atoms with Crippen LogP contribution in [0, 0.1) is 11.6 Å². The Balaban J connectivity index is 1.97. The zero-order valence-corrected chi connectivity index (χ0v) is 11.3. The Kier molecular flexibility index (Phi) is 3.62. The fraction of sp³-hybridized carbons (Fsp3) is 0.118. The molecule has 0 bridgehead atoms. The highest BCUT2D eigenvalue weighted by atomic mass is 19.2. The van der Waals surface area contributed by atoms with E-state index >= 15 is 0 Å². The van der Waals surface area contributed by atoms with Crippen LogP contribution in [-0.4, -0.2) is 4.98 Å². The number of halogens is 2. The van der Waals surface area contributed by atoms with Crippen molar-refractivity contribution in [3.63, 3.8) is 0 Å². The van der Waals surface area contributed by atoms with Gasteiger partial charge in [0, 0.05) is 23.8 Å². The normalized spacial score (nSPS) is 12.5. The maximum absolute atomic E-state index is 13.8. The molecule has 1 unspecified atom stereocenters. The minimum atomic E-state index is -0.846. The third-order valence-corrected chi connectivity index (χ3v) is 3.59. The van der Waals surface area contributed by atoms with E-state index in [2.05, 4.69) is 4.98 Å². The molecule has 0 amide bonds. The Hall–Kier alpha value is -2.33. The number of hydrogen-bond acceptors (Lipinski definition) is 2. The summed E-state index contributed by atoms with van der Waals surface area (Å²) in [5.41, 5.74) is 7.39. The largest absolute Gasteiger partial charge is 0.324 e. The Labute approximate surface area is 121 Å². The first-order valence-corrected chi connectivity index (χ1v) is 6.68. The molecular weight excluding hydrogens is 270 g/mol. The minimum absolute atomic E-state index is 0.241. The standard InChI is InChI=1S/C17H14F2N2/c18-15-6-2-3-11(17(15)19)9-16(20)14-5-1-4-12-10-21-8-7-13(12)14/h1-8,10,16H,9,20H2. The third kappa shape index (κ3) is 2.62. The zero-order valence-electron chi connectivity index (χ0n) is 11.3. The van der Waals surface area contributed by atoms with E-state index in [1.54, 1.807) is 18.5 Å². The molecule has 0 saturated carbocycles. The van der Waals surface area contributed by atoms with Gasteiger partial charge in [0.25, 0.3) is 0 Å². The van der Waals surface area contributed by atoms with E-state index in [-0.39, 0.29) is 12.0 Å². The van der Waals surface area contributed by atoms with E-state index in [0.717, 1.165) is 22.4 Å². The Bertz CT molecular complexity index is 781. The number of nitrogens with two attached hydrogens (primary N) is 1. The fourth-order valence-electron chi connectivity index (χ4n) is 2.52. The van der Waals surface area contributed by atoms with Gasteiger partial charge >= 0.3 is 0 Å². The lowest BCUT2D eigenvalue weighted by Gasteiger charge is -2.15. The second-order valence-corrected chi connectivity index (χ2v) is 4.97. The topological polar surface area (TPSA) is 38.9 Å². The van der Waals surface area contributed by atoms with Crippen LogP contribution < -0.4 is 5.73 Å². The minimum Gasteiger partial charge on any atom is -0.324 e. The average Bonchev–Trinajstić information content (AvgIpc) is 2.51. The summed E-state index contributed by atoms with van der Waals surface area (Å²) in [7, 11) is 0. The van der Waals surface area contributed by atoms with E-state index in [9.17, 15) is 8.78 Å². The van der Waals surface area contributed by atoms with Gasteiger partial charge in [-0.3, -0.25) is 4.98 Å². The Morgan fingerprint density at radius 1 is 1.05 bits per heavy atom. The predicted molar refractivity (Wildman–Crippen MR) is 78.7 cm³/mol. The van der Waals surface area contributed by atoms with Crippen molar-refractivity contribution in [3.05, 3.63) is 77.6 Å². The second-order valence-electron chi connectivity index (χ2n) is 4.97. The quantitative estimate of drug-likeness (QED) is 0.795. The molecule has 0 aliphatic carbocycles. The third-order valence-electron chi connectivity index (χ3n) is 3.59. The van der Waals surface area contributed by atoms with Crippen molar-refractivity contribution in [2.75, 3.05) is 0 Å². The van der Waals surface area contributed by atoms with Crippen molar-refractivity contribution in [1.82, 2.24) is 4.98 Å². The van der Waals surface area contributed by atoms with Crippen LogP contribution in [0.15, 0.2) is 54.9 Å². The maximum Gasteiger partial charge on any atom is 0.162 e. The van der Waals surface area contributed by atoms with Gasteiger partial charge in [-0.15, -0.1) is 0 Å². The second kappa shape index (κ2) is 5.58. The van der Waals surface area contributed by atoms with Crippen LogP contribution in [0.4, 0.5) is 8.78 Å². The van der Waals surface area contributed by atoms with Gasteiger partial charge < -0.3 is 5.73 Å². The lowest BCUT2D eigenvalue weighted by atomic mass is 9.95. The molecule has 0 aliphatic heterocycles. The molecule has 2 nitrogen and oxygen atoms in total. The van der Waals surface area contributed by atoms with E-state index in [0.29, 0.717) is 0 Å². The monoisotopic (exact) mass is 284 g/mol. The Morgan fingerprint density at radius 2 is 1.86 bits per heavy atom. The van der Waals surface area contributed by atoms with Gasteiger partial charge in [-0.1, -0.05) is 30.3 Å². The van der Waals surface area contributed by atoms with Crippen molar-refractivity contribution in [1.29, 1.82) is 0 Å². The molecule has 2 aromatic carbocycles. The number of benzene rings is 2. The van der Waals surface area contributed by atoms with Crippen LogP contribution in [-0.2, 0) is 6.42 Å². The van der Waals surface area contributed by atoms with Gasteiger partial charge in [-0.2, -0.15) is 0 Å². The number of hydrogen-bond donors (Lipinski definition) is 1. The molecule has 2 N–H and O–H groups in total. The van der Waals surface area contributed by atoms with E-state index in [1.807, 2.05) is 24.3 Å². The number of aromatic nitrogens is 1. The number of fused-ring (bicyclic) bond motifs is 1. The van der Waals surface area contributed by atoms with Gasteiger partial charge in [-0.05, 0) is 35.1 Å². The number of nitrogens with zero attached hydrogens (tertiary/aromatic N) is 1. The van der Waals surface area contributed by atoms with E-state index in [1.165, 1.54) is 6.07 Å². The van der Waals surface area contributed by atoms with Crippen LogP contribution in [0.25, 0.3) is 10.8 Å². The van der Waals surface area contributed by atoms with Crippen LogP contribution in [0.2, 0.25) is 0 Å². The summed E-state index contributed by atoms with van der Waals surface area (Å²) in [5.74, 6) is -1.67. The Morgan fingerprint density at radius 3 is 2.71 bits per heavy atom. The average molecular weight is 284 g/mol. The first-order valence-electron chi connectivity index (χ1n) is 6.68. The first-order chi connectivity index (χ1) is 10.2. The predicted octanol–water partition coefficient (Wildman–Crippen LogP) is 3.76. The molecule has 0 saturated heterocycles.